The zero-order valence-electron chi connectivity index (χ0n) is 13.1. The highest BCUT2D eigenvalue weighted by Gasteiger charge is 2.32. The van der Waals surface area contributed by atoms with Crippen LogP contribution in [0.5, 0.6) is 0 Å². The number of likely N-dealkylation sites (tertiary alicyclic amines) is 1. The molecular formula is C16H17N5O2S. The van der Waals surface area contributed by atoms with Crippen LogP contribution in [0.1, 0.15) is 58.0 Å². The molecule has 1 N–H and O–H groups in total. The molecule has 0 radical (unpaired) electrons. The Morgan fingerprint density at radius 3 is 3.08 bits per heavy atom. The van der Waals surface area contributed by atoms with Crippen molar-refractivity contribution in [1.29, 1.82) is 5.26 Å². The topological polar surface area (TPSA) is 95.0 Å². The first-order valence-electron chi connectivity index (χ1n) is 8.10. The van der Waals surface area contributed by atoms with Crippen molar-refractivity contribution in [3.63, 3.8) is 0 Å². The van der Waals surface area contributed by atoms with E-state index >= 15 is 0 Å². The summed E-state index contributed by atoms with van der Waals surface area (Å²) in [4.78, 5) is 20.4. The maximum Gasteiger partial charge on any atom is 0.292 e. The average Bonchev–Trinajstić information content (AvgIpc) is 3.01. The van der Waals surface area contributed by atoms with Crippen LogP contribution < -0.4 is 5.32 Å². The van der Waals surface area contributed by atoms with Crippen LogP contribution in [-0.2, 0) is 6.54 Å². The fourth-order valence-corrected chi connectivity index (χ4v) is 3.79. The highest BCUT2D eigenvalue weighted by Crippen LogP contribution is 2.33. The summed E-state index contributed by atoms with van der Waals surface area (Å²) in [5.41, 5.74) is 0. The zero-order valence-corrected chi connectivity index (χ0v) is 13.9. The summed E-state index contributed by atoms with van der Waals surface area (Å²) < 4.78 is 5.35. The van der Waals surface area contributed by atoms with Gasteiger partial charge in [-0.25, -0.2) is 0 Å². The average molecular weight is 343 g/mol. The molecule has 1 saturated heterocycles. The molecule has 4 rings (SSSR count). The van der Waals surface area contributed by atoms with Gasteiger partial charge in [0.1, 0.15) is 10.9 Å². The number of thiophene rings is 1. The van der Waals surface area contributed by atoms with Crippen molar-refractivity contribution in [1.82, 2.24) is 20.4 Å². The van der Waals surface area contributed by atoms with Crippen molar-refractivity contribution in [2.24, 2.45) is 0 Å². The molecule has 0 aromatic carbocycles. The van der Waals surface area contributed by atoms with Crippen molar-refractivity contribution >= 4 is 17.2 Å². The van der Waals surface area contributed by atoms with Crippen LogP contribution in [0, 0.1) is 11.3 Å². The summed E-state index contributed by atoms with van der Waals surface area (Å²) in [7, 11) is 0. The zero-order chi connectivity index (χ0) is 16.5. The van der Waals surface area contributed by atoms with Gasteiger partial charge in [-0.3, -0.25) is 9.69 Å². The number of hydrogen-bond acceptors (Lipinski definition) is 7. The van der Waals surface area contributed by atoms with E-state index in [1.165, 1.54) is 11.3 Å². The van der Waals surface area contributed by atoms with Crippen LogP contribution in [0.15, 0.2) is 16.7 Å². The van der Waals surface area contributed by atoms with Crippen LogP contribution >= 0.6 is 11.3 Å². The lowest BCUT2D eigenvalue weighted by molar-refractivity contribution is 0.0937. The Morgan fingerprint density at radius 2 is 2.33 bits per heavy atom. The largest absolute Gasteiger partial charge is 0.346 e. The van der Waals surface area contributed by atoms with E-state index in [2.05, 4.69) is 26.4 Å². The Bertz CT molecular complexity index is 788. The molecule has 0 unspecified atom stereocenters. The summed E-state index contributed by atoms with van der Waals surface area (Å²) in [5.74, 6) is 0.367. The molecule has 1 aliphatic heterocycles. The van der Waals surface area contributed by atoms with Gasteiger partial charge in [-0.2, -0.15) is 10.2 Å². The minimum atomic E-state index is -0.256. The summed E-state index contributed by atoms with van der Waals surface area (Å²) in [5, 5.41) is 15.6. The van der Waals surface area contributed by atoms with Crippen molar-refractivity contribution in [2.75, 3.05) is 6.54 Å². The molecule has 2 aliphatic rings. The predicted molar refractivity (Wildman–Crippen MR) is 86.2 cm³/mol. The van der Waals surface area contributed by atoms with Crippen molar-refractivity contribution in [3.8, 4) is 6.07 Å². The number of nitrogens with one attached hydrogen (secondary N) is 1. The Balaban J connectivity index is 1.45. The van der Waals surface area contributed by atoms with Gasteiger partial charge in [0.05, 0.1) is 6.04 Å². The number of nitrogens with zero attached hydrogens (tertiary/aromatic N) is 4. The third-order valence-electron chi connectivity index (χ3n) is 4.34. The quantitative estimate of drug-likeness (QED) is 0.894. The maximum atomic E-state index is 12.0. The highest BCUT2D eigenvalue weighted by molar-refractivity contribution is 7.12. The monoisotopic (exact) mass is 343 g/mol. The van der Waals surface area contributed by atoms with E-state index in [0.717, 1.165) is 48.5 Å². The second kappa shape index (κ2) is 6.34. The number of carbonyl (C=O) groups is 1. The SMILES string of the molecule is N#Cc1ccc(CN2CCC[C@H]2c2nc(C(=O)NC3CC3)no2)s1. The van der Waals surface area contributed by atoms with Gasteiger partial charge < -0.3 is 9.84 Å². The fourth-order valence-electron chi connectivity index (χ4n) is 2.96. The molecule has 7 nitrogen and oxygen atoms in total. The molecule has 2 fully saturated rings. The van der Waals surface area contributed by atoms with E-state index in [4.69, 9.17) is 9.78 Å². The Labute approximate surface area is 143 Å². The van der Waals surface area contributed by atoms with Gasteiger partial charge in [-0.1, -0.05) is 5.16 Å². The van der Waals surface area contributed by atoms with Crippen LogP contribution in [0.2, 0.25) is 0 Å². The molecule has 2 aromatic heterocycles. The summed E-state index contributed by atoms with van der Waals surface area (Å²) in [6, 6.07) is 6.31. The van der Waals surface area contributed by atoms with E-state index < -0.39 is 0 Å². The van der Waals surface area contributed by atoms with Crippen LogP contribution in [-0.4, -0.2) is 33.5 Å². The molecule has 8 heteroatoms. The van der Waals surface area contributed by atoms with Crippen LogP contribution in [0.25, 0.3) is 0 Å². The second-order valence-electron chi connectivity index (χ2n) is 6.21. The number of nitriles is 1. The van der Waals surface area contributed by atoms with Crippen molar-refractivity contribution in [3.05, 3.63) is 33.6 Å². The molecule has 24 heavy (non-hydrogen) atoms. The highest BCUT2D eigenvalue weighted by atomic mass is 32.1. The van der Waals surface area contributed by atoms with E-state index in [-0.39, 0.29) is 23.8 Å². The van der Waals surface area contributed by atoms with Gasteiger partial charge in [0.2, 0.25) is 5.89 Å². The lowest BCUT2D eigenvalue weighted by atomic mass is 10.2. The molecular weight excluding hydrogens is 326 g/mol. The Morgan fingerprint density at radius 1 is 1.46 bits per heavy atom. The predicted octanol–water partition coefficient (Wildman–Crippen LogP) is 2.23. The molecule has 124 valence electrons. The van der Waals surface area contributed by atoms with Gasteiger partial charge >= 0.3 is 0 Å². The molecule has 1 saturated carbocycles. The first kappa shape index (κ1) is 15.3. The van der Waals surface area contributed by atoms with Gasteiger partial charge in [0.15, 0.2) is 0 Å². The standard InChI is InChI=1S/C16H17N5O2S/c17-8-11-5-6-12(24-11)9-21-7-1-2-13(21)16-19-14(20-23-16)15(22)18-10-3-4-10/h5-6,10,13H,1-4,7,9H2,(H,18,22)/t13-/m0/s1. The lowest BCUT2D eigenvalue weighted by Crippen LogP contribution is -2.26. The number of amides is 1. The Hall–Kier alpha value is -2.24. The molecule has 0 bridgehead atoms. The lowest BCUT2D eigenvalue weighted by Gasteiger charge is -2.20. The molecule has 0 spiro atoms. The molecule has 2 aromatic rings. The van der Waals surface area contributed by atoms with Gasteiger partial charge in [0.25, 0.3) is 11.7 Å². The summed E-state index contributed by atoms with van der Waals surface area (Å²) in [6.07, 6.45) is 4.03. The molecule has 1 amide bonds. The minimum absolute atomic E-state index is 0.0348. The van der Waals surface area contributed by atoms with Crippen LogP contribution in [0.3, 0.4) is 0 Å². The summed E-state index contributed by atoms with van der Waals surface area (Å²) in [6.45, 7) is 1.69. The van der Waals surface area contributed by atoms with Crippen molar-refractivity contribution in [2.45, 2.75) is 44.3 Å². The van der Waals surface area contributed by atoms with Gasteiger partial charge in [-0.15, -0.1) is 11.3 Å². The normalized spacial score (nSPS) is 20.9. The number of carbonyl (C=O) groups excluding carboxylic acids is 1. The van der Waals surface area contributed by atoms with Gasteiger partial charge in [-0.05, 0) is 44.4 Å². The number of aromatic nitrogens is 2. The maximum absolute atomic E-state index is 12.0. The first-order valence-corrected chi connectivity index (χ1v) is 8.92. The third-order valence-corrected chi connectivity index (χ3v) is 5.31. The van der Waals surface area contributed by atoms with Crippen molar-refractivity contribution < 1.29 is 9.32 Å². The smallest absolute Gasteiger partial charge is 0.292 e. The van der Waals surface area contributed by atoms with E-state index in [9.17, 15) is 4.79 Å². The molecule has 1 atom stereocenters. The second-order valence-corrected chi connectivity index (χ2v) is 7.38. The minimum Gasteiger partial charge on any atom is -0.346 e. The first-order chi connectivity index (χ1) is 11.7. The van der Waals surface area contributed by atoms with E-state index in [0.29, 0.717) is 5.89 Å². The van der Waals surface area contributed by atoms with Crippen LogP contribution in [0.4, 0.5) is 0 Å². The molecule has 3 heterocycles. The Kier molecular flexibility index (Phi) is 4.04. The third kappa shape index (κ3) is 3.18. The van der Waals surface area contributed by atoms with Gasteiger partial charge in [0, 0.05) is 17.5 Å². The van der Waals surface area contributed by atoms with E-state index in [1.807, 2.05) is 12.1 Å². The fraction of sp³-hybridized carbons (Fsp3) is 0.500. The number of hydrogen-bond donors (Lipinski definition) is 1. The summed E-state index contributed by atoms with van der Waals surface area (Å²) >= 11 is 1.51. The molecule has 1 aliphatic carbocycles. The van der Waals surface area contributed by atoms with E-state index in [1.54, 1.807) is 0 Å². The number of rotatable bonds is 5.